The van der Waals surface area contributed by atoms with Crippen LogP contribution in [-0.2, 0) is 9.84 Å². The van der Waals surface area contributed by atoms with Crippen molar-refractivity contribution in [3.63, 3.8) is 0 Å². The third-order valence-electron chi connectivity index (χ3n) is 1.01. The molecule has 0 radical (unpaired) electrons. The zero-order valence-corrected chi connectivity index (χ0v) is 6.17. The fourth-order valence-electron chi connectivity index (χ4n) is 0.512. The van der Waals surface area contributed by atoms with Crippen molar-refractivity contribution in [2.75, 3.05) is 12.1 Å². The summed E-state index contributed by atoms with van der Waals surface area (Å²) in [6, 6.07) is 0. The van der Waals surface area contributed by atoms with Gasteiger partial charge in [0.15, 0.2) is 9.84 Å². The second-order valence-corrected chi connectivity index (χ2v) is 3.94. The van der Waals surface area contributed by atoms with Gasteiger partial charge in [0.05, 0.1) is 12.4 Å². The second kappa shape index (κ2) is 1.98. The number of nitrogens with zero attached hydrogens (tertiary/aromatic N) is 2. The highest BCUT2D eigenvalue weighted by Gasteiger charge is 2.07. The fourth-order valence-corrected chi connectivity index (χ4v) is 1.05. The number of nitrogens with two attached hydrogens (primary N) is 1. The van der Waals surface area contributed by atoms with E-state index in [0.717, 1.165) is 11.0 Å². The summed E-state index contributed by atoms with van der Waals surface area (Å²) < 4.78 is 21.5. The van der Waals surface area contributed by atoms with Gasteiger partial charge in [0.25, 0.3) is 0 Å². The second-order valence-electron chi connectivity index (χ2n) is 1.93. The standard InChI is InChI=1S/C4H7N3O2S/c1-10(8,9)4-2-6-7(5)3-4/h2-3H,5H2,1H3. The Balaban J connectivity index is 3.21. The average Bonchev–Trinajstić information content (AvgIpc) is 2.11. The van der Waals surface area contributed by atoms with E-state index in [1.807, 2.05) is 0 Å². The van der Waals surface area contributed by atoms with Crippen LogP contribution in [0.3, 0.4) is 0 Å². The molecule has 0 fully saturated rings. The molecule has 1 aromatic rings. The molecule has 6 heteroatoms. The first-order valence-electron chi connectivity index (χ1n) is 2.50. The zero-order valence-electron chi connectivity index (χ0n) is 5.35. The van der Waals surface area contributed by atoms with E-state index in [4.69, 9.17) is 5.84 Å². The molecule has 1 aromatic heterocycles. The van der Waals surface area contributed by atoms with Gasteiger partial charge >= 0.3 is 0 Å². The van der Waals surface area contributed by atoms with E-state index in [2.05, 4.69) is 5.10 Å². The van der Waals surface area contributed by atoms with Gasteiger partial charge in [-0.1, -0.05) is 0 Å². The number of hydrogen-bond donors (Lipinski definition) is 1. The molecule has 0 saturated carbocycles. The van der Waals surface area contributed by atoms with Crippen molar-refractivity contribution in [2.45, 2.75) is 4.90 Å². The summed E-state index contributed by atoms with van der Waals surface area (Å²) in [5, 5.41) is 3.50. The smallest absolute Gasteiger partial charge is 0.178 e. The van der Waals surface area contributed by atoms with E-state index in [1.54, 1.807) is 0 Å². The van der Waals surface area contributed by atoms with Crippen LogP contribution in [0, 0.1) is 0 Å². The fraction of sp³-hybridized carbons (Fsp3) is 0.250. The molecule has 0 aliphatic carbocycles. The van der Waals surface area contributed by atoms with Crippen molar-refractivity contribution in [3.05, 3.63) is 12.4 Å². The van der Waals surface area contributed by atoms with E-state index in [0.29, 0.717) is 0 Å². The van der Waals surface area contributed by atoms with Crippen LogP contribution in [0.15, 0.2) is 17.3 Å². The Morgan fingerprint density at radius 1 is 1.70 bits per heavy atom. The monoisotopic (exact) mass is 161 g/mol. The first-order chi connectivity index (χ1) is 4.50. The Morgan fingerprint density at radius 2 is 2.30 bits per heavy atom. The van der Waals surface area contributed by atoms with Crippen LogP contribution in [0.1, 0.15) is 0 Å². The van der Waals surface area contributed by atoms with E-state index >= 15 is 0 Å². The Hall–Kier alpha value is -1.04. The van der Waals surface area contributed by atoms with Crippen LogP contribution in [-0.4, -0.2) is 24.6 Å². The minimum atomic E-state index is -3.15. The lowest BCUT2D eigenvalue weighted by atomic mass is 10.7. The van der Waals surface area contributed by atoms with Gasteiger partial charge in [0.1, 0.15) is 4.90 Å². The summed E-state index contributed by atoms with van der Waals surface area (Å²) >= 11 is 0. The summed E-state index contributed by atoms with van der Waals surface area (Å²) in [4.78, 5) is 1.09. The van der Waals surface area contributed by atoms with Crippen LogP contribution in [0.2, 0.25) is 0 Å². The molecule has 0 bridgehead atoms. The number of rotatable bonds is 1. The van der Waals surface area contributed by atoms with Crippen molar-refractivity contribution in [3.8, 4) is 0 Å². The molecule has 0 spiro atoms. The summed E-state index contributed by atoms with van der Waals surface area (Å²) in [7, 11) is -3.15. The van der Waals surface area contributed by atoms with Gasteiger partial charge in [-0.25, -0.2) is 8.42 Å². The van der Waals surface area contributed by atoms with Gasteiger partial charge in [-0.05, 0) is 0 Å². The Bertz CT molecular complexity index is 326. The molecular weight excluding hydrogens is 154 g/mol. The van der Waals surface area contributed by atoms with Crippen LogP contribution in [0.25, 0.3) is 0 Å². The number of hydrogen-bond acceptors (Lipinski definition) is 4. The highest BCUT2D eigenvalue weighted by Crippen LogP contribution is 2.03. The van der Waals surface area contributed by atoms with E-state index in [1.165, 1.54) is 12.4 Å². The lowest BCUT2D eigenvalue weighted by molar-refractivity contribution is 0.602. The minimum absolute atomic E-state index is 0.134. The molecule has 5 nitrogen and oxygen atoms in total. The van der Waals surface area contributed by atoms with Crippen molar-refractivity contribution in [1.29, 1.82) is 0 Å². The van der Waals surface area contributed by atoms with Crippen molar-refractivity contribution in [2.24, 2.45) is 0 Å². The summed E-state index contributed by atoms with van der Waals surface area (Å²) in [6.07, 6.45) is 3.55. The number of aromatic nitrogens is 2. The maximum atomic E-state index is 10.7. The molecule has 0 aliphatic rings. The Morgan fingerprint density at radius 3 is 2.50 bits per heavy atom. The molecule has 2 N–H and O–H groups in total. The summed E-state index contributed by atoms with van der Waals surface area (Å²) in [5.41, 5.74) is 0. The van der Waals surface area contributed by atoms with E-state index in [9.17, 15) is 8.42 Å². The maximum Gasteiger partial charge on any atom is 0.178 e. The third-order valence-corrected chi connectivity index (χ3v) is 2.07. The van der Waals surface area contributed by atoms with Gasteiger partial charge in [0.2, 0.25) is 0 Å². The van der Waals surface area contributed by atoms with Gasteiger partial charge in [-0.3, -0.25) is 0 Å². The van der Waals surface area contributed by atoms with E-state index < -0.39 is 9.84 Å². The Labute approximate surface area is 58.3 Å². The minimum Gasteiger partial charge on any atom is -0.323 e. The average molecular weight is 161 g/mol. The van der Waals surface area contributed by atoms with E-state index in [-0.39, 0.29) is 4.90 Å². The van der Waals surface area contributed by atoms with Crippen molar-refractivity contribution in [1.82, 2.24) is 9.89 Å². The molecule has 0 aromatic carbocycles. The lowest BCUT2D eigenvalue weighted by Gasteiger charge is -1.86. The van der Waals surface area contributed by atoms with Crippen LogP contribution in [0.4, 0.5) is 0 Å². The molecule has 0 saturated heterocycles. The van der Waals surface area contributed by atoms with Gasteiger partial charge in [-0.15, -0.1) is 0 Å². The topological polar surface area (TPSA) is 78.0 Å². The molecule has 56 valence electrons. The predicted octanol–water partition coefficient (Wildman–Crippen LogP) is -1.000. The molecule has 0 atom stereocenters. The number of sulfone groups is 1. The molecular formula is C4H7N3O2S. The molecule has 0 unspecified atom stereocenters. The van der Waals surface area contributed by atoms with Crippen LogP contribution >= 0.6 is 0 Å². The third kappa shape index (κ3) is 1.27. The van der Waals surface area contributed by atoms with Gasteiger partial charge in [-0.2, -0.15) is 9.89 Å². The normalized spacial score (nSPS) is 11.7. The highest BCUT2D eigenvalue weighted by atomic mass is 32.2. The Kier molecular flexibility index (Phi) is 1.40. The summed E-state index contributed by atoms with van der Waals surface area (Å²) in [6.45, 7) is 0. The molecule has 10 heavy (non-hydrogen) atoms. The molecule has 1 heterocycles. The lowest BCUT2D eigenvalue weighted by Crippen LogP contribution is -2.07. The van der Waals surface area contributed by atoms with Gasteiger partial charge < -0.3 is 5.84 Å². The SMILES string of the molecule is CS(=O)(=O)c1cnn(N)c1. The van der Waals surface area contributed by atoms with Crippen LogP contribution in [0.5, 0.6) is 0 Å². The highest BCUT2D eigenvalue weighted by molar-refractivity contribution is 7.90. The van der Waals surface area contributed by atoms with Crippen molar-refractivity contribution < 1.29 is 8.42 Å². The molecule has 0 amide bonds. The van der Waals surface area contributed by atoms with Crippen molar-refractivity contribution >= 4 is 9.84 Å². The van der Waals surface area contributed by atoms with Crippen LogP contribution < -0.4 is 5.84 Å². The largest absolute Gasteiger partial charge is 0.323 e. The summed E-state index contributed by atoms with van der Waals surface area (Å²) in [5.74, 6) is 5.12. The zero-order chi connectivity index (χ0) is 7.78. The molecule has 1 rings (SSSR count). The predicted molar refractivity (Wildman–Crippen MR) is 35.5 cm³/mol. The maximum absolute atomic E-state index is 10.7. The first kappa shape index (κ1) is 7.07. The molecule has 0 aliphatic heterocycles. The number of nitrogen functional groups attached to an aromatic ring is 1. The van der Waals surface area contributed by atoms with Gasteiger partial charge in [0, 0.05) is 6.26 Å². The quantitative estimate of drug-likeness (QED) is 0.536. The first-order valence-corrected chi connectivity index (χ1v) is 4.39.